The van der Waals surface area contributed by atoms with E-state index in [1.807, 2.05) is 54.4 Å². The maximum absolute atomic E-state index is 13.2. The summed E-state index contributed by atoms with van der Waals surface area (Å²) in [4.78, 5) is 29.5. The van der Waals surface area contributed by atoms with E-state index in [2.05, 4.69) is 11.9 Å². The summed E-state index contributed by atoms with van der Waals surface area (Å²) < 4.78 is 6.16. The van der Waals surface area contributed by atoms with E-state index in [0.29, 0.717) is 24.9 Å². The monoisotopic (exact) mass is 436 g/mol. The molecule has 6 nitrogen and oxygen atoms in total. The van der Waals surface area contributed by atoms with Gasteiger partial charge in [0.1, 0.15) is 11.4 Å². The van der Waals surface area contributed by atoms with Crippen molar-refractivity contribution in [2.75, 3.05) is 27.2 Å². The zero-order valence-corrected chi connectivity index (χ0v) is 19.1. The van der Waals surface area contributed by atoms with Crippen molar-refractivity contribution >= 4 is 11.9 Å². The Balaban J connectivity index is 1.75. The molecule has 2 aromatic rings. The van der Waals surface area contributed by atoms with E-state index in [4.69, 9.17) is 4.74 Å². The number of likely N-dealkylation sites (tertiary alicyclic amines) is 1. The molecule has 32 heavy (non-hydrogen) atoms. The summed E-state index contributed by atoms with van der Waals surface area (Å²) in [6, 6.07) is 16.6. The maximum atomic E-state index is 13.2. The largest absolute Gasteiger partial charge is 0.508 e. The average Bonchev–Trinajstić information content (AvgIpc) is 2.77. The number of esters is 1. The molecule has 0 aromatic heterocycles. The fourth-order valence-electron chi connectivity index (χ4n) is 5.85. The van der Waals surface area contributed by atoms with Gasteiger partial charge in [-0.05, 0) is 69.1 Å². The number of nitrogens with zero attached hydrogens (tertiary/aromatic N) is 2. The number of hydrogen-bond donors (Lipinski definition) is 1. The molecule has 1 amide bonds. The van der Waals surface area contributed by atoms with Crippen LogP contribution in [-0.2, 0) is 14.9 Å². The molecule has 0 spiro atoms. The first-order valence-corrected chi connectivity index (χ1v) is 11.3. The highest BCUT2D eigenvalue weighted by molar-refractivity contribution is 5.94. The number of hydrogen-bond acceptors (Lipinski definition) is 5. The van der Waals surface area contributed by atoms with Crippen molar-refractivity contribution in [3.8, 4) is 5.75 Å². The van der Waals surface area contributed by atoms with Crippen LogP contribution in [0.25, 0.3) is 0 Å². The van der Waals surface area contributed by atoms with Gasteiger partial charge in [-0.2, -0.15) is 0 Å². The number of benzene rings is 2. The van der Waals surface area contributed by atoms with Crippen molar-refractivity contribution in [3.63, 3.8) is 0 Å². The average molecular weight is 437 g/mol. The van der Waals surface area contributed by atoms with Gasteiger partial charge in [0.25, 0.3) is 5.91 Å². The zero-order valence-electron chi connectivity index (χ0n) is 19.1. The molecular formula is C26H32N2O4. The number of piperidine rings is 1. The minimum Gasteiger partial charge on any atom is -0.508 e. The van der Waals surface area contributed by atoms with Gasteiger partial charge in [0.15, 0.2) is 0 Å². The molecule has 170 valence electrons. The second-order valence-electron chi connectivity index (χ2n) is 9.39. The quantitative estimate of drug-likeness (QED) is 0.742. The molecule has 3 unspecified atom stereocenters. The maximum Gasteiger partial charge on any atom is 0.303 e. The Morgan fingerprint density at radius 3 is 2.56 bits per heavy atom. The summed E-state index contributed by atoms with van der Waals surface area (Å²) in [7, 11) is 3.92. The molecule has 2 aromatic carbocycles. The highest BCUT2D eigenvalue weighted by Gasteiger charge is 2.61. The van der Waals surface area contributed by atoms with Crippen molar-refractivity contribution in [2.45, 2.75) is 49.7 Å². The second-order valence-corrected chi connectivity index (χ2v) is 9.39. The lowest BCUT2D eigenvalue weighted by atomic mass is 9.55. The lowest BCUT2D eigenvalue weighted by Gasteiger charge is -2.59. The van der Waals surface area contributed by atoms with Gasteiger partial charge in [-0.3, -0.25) is 9.59 Å². The first-order chi connectivity index (χ1) is 15.3. The van der Waals surface area contributed by atoms with Gasteiger partial charge in [0.2, 0.25) is 0 Å². The van der Waals surface area contributed by atoms with Crippen molar-refractivity contribution in [1.82, 2.24) is 9.80 Å². The van der Waals surface area contributed by atoms with E-state index < -0.39 is 11.0 Å². The SMILES string of the molecule is CC(=O)OC12CCC(N(C)C(=O)c3ccccc3)CC1(c1cccc(O)c1)CCN(C)C2. The van der Waals surface area contributed by atoms with Crippen LogP contribution in [0.1, 0.15) is 48.5 Å². The van der Waals surface area contributed by atoms with Gasteiger partial charge in [0.05, 0.1) is 0 Å². The number of ether oxygens (including phenoxy) is 1. The molecule has 0 radical (unpaired) electrons. The molecule has 3 atom stereocenters. The number of carbonyl (C=O) groups is 2. The predicted molar refractivity (Wildman–Crippen MR) is 123 cm³/mol. The van der Waals surface area contributed by atoms with E-state index in [1.165, 1.54) is 6.92 Å². The summed E-state index contributed by atoms with van der Waals surface area (Å²) >= 11 is 0. The third-order valence-corrected chi connectivity index (χ3v) is 7.41. The van der Waals surface area contributed by atoms with Gasteiger partial charge < -0.3 is 19.6 Å². The lowest BCUT2D eigenvalue weighted by Crippen LogP contribution is -2.68. The molecule has 4 rings (SSSR count). The molecule has 1 saturated heterocycles. The van der Waals surface area contributed by atoms with Crippen LogP contribution in [0.4, 0.5) is 0 Å². The highest BCUT2D eigenvalue weighted by atomic mass is 16.6. The molecular weight excluding hydrogens is 404 g/mol. The van der Waals surface area contributed by atoms with Crippen LogP contribution in [-0.4, -0.2) is 65.6 Å². The second kappa shape index (κ2) is 8.58. The minimum atomic E-state index is -0.702. The smallest absolute Gasteiger partial charge is 0.303 e. The van der Waals surface area contributed by atoms with Crippen LogP contribution >= 0.6 is 0 Å². The lowest BCUT2D eigenvalue weighted by molar-refractivity contribution is -0.187. The Labute approximate surface area is 189 Å². The Kier molecular flexibility index (Phi) is 5.99. The first kappa shape index (κ1) is 22.3. The van der Waals surface area contributed by atoms with Gasteiger partial charge in [-0.25, -0.2) is 0 Å². The van der Waals surface area contributed by atoms with Crippen LogP contribution in [0.3, 0.4) is 0 Å². The minimum absolute atomic E-state index is 0.00264. The molecule has 6 heteroatoms. The summed E-state index contributed by atoms with van der Waals surface area (Å²) in [5.74, 6) is -0.102. The van der Waals surface area contributed by atoms with Crippen molar-refractivity contribution in [1.29, 1.82) is 0 Å². The number of aromatic hydroxyl groups is 1. The number of amides is 1. The Morgan fingerprint density at radius 2 is 1.88 bits per heavy atom. The third-order valence-electron chi connectivity index (χ3n) is 7.41. The van der Waals surface area contributed by atoms with Crippen LogP contribution in [0, 0.1) is 0 Å². The fraction of sp³-hybridized carbons (Fsp3) is 0.462. The summed E-state index contributed by atoms with van der Waals surface area (Å²) in [6.07, 6.45) is 2.86. The summed E-state index contributed by atoms with van der Waals surface area (Å²) in [5, 5.41) is 10.3. The highest BCUT2D eigenvalue weighted by Crippen LogP contribution is 2.54. The molecule has 2 aliphatic rings. The Morgan fingerprint density at radius 1 is 1.12 bits per heavy atom. The van der Waals surface area contributed by atoms with E-state index in [1.54, 1.807) is 12.1 Å². The van der Waals surface area contributed by atoms with Crippen molar-refractivity contribution in [3.05, 3.63) is 65.7 Å². The molecule has 1 aliphatic carbocycles. The van der Waals surface area contributed by atoms with Crippen LogP contribution < -0.4 is 0 Å². The molecule has 2 fully saturated rings. The molecule has 1 saturated carbocycles. The summed E-state index contributed by atoms with van der Waals surface area (Å²) in [6.45, 7) is 2.95. The molecule has 0 bridgehead atoms. The van der Waals surface area contributed by atoms with Gasteiger partial charge in [-0.15, -0.1) is 0 Å². The van der Waals surface area contributed by atoms with E-state index >= 15 is 0 Å². The standard InChI is InChI=1S/C26H32N2O4/c1-19(29)32-26-13-12-22(28(3)24(31)20-8-5-4-6-9-20)17-25(26,14-15-27(2)18-26)21-10-7-11-23(30)16-21/h4-11,16,22,30H,12-15,17-18H2,1-3H3. The Hall–Kier alpha value is -2.86. The molecule has 1 heterocycles. The van der Waals surface area contributed by atoms with Crippen LogP contribution in [0.5, 0.6) is 5.75 Å². The number of rotatable bonds is 4. The Bertz CT molecular complexity index is 994. The van der Waals surface area contributed by atoms with Crippen molar-refractivity contribution < 1.29 is 19.4 Å². The van der Waals surface area contributed by atoms with E-state index in [0.717, 1.165) is 24.9 Å². The van der Waals surface area contributed by atoms with Crippen LogP contribution in [0.15, 0.2) is 54.6 Å². The number of fused-ring (bicyclic) bond motifs is 1. The summed E-state index contributed by atoms with van der Waals surface area (Å²) in [5.41, 5.74) is 0.448. The van der Waals surface area contributed by atoms with E-state index in [9.17, 15) is 14.7 Å². The van der Waals surface area contributed by atoms with E-state index in [-0.39, 0.29) is 23.7 Å². The topological polar surface area (TPSA) is 70.1 Å². The van der Waals surface area contributed by atoms with Gasteiger partial charge >= 0.3 is 5.97 Å². The van der Waals surface area contributed by atoms with Gasteiger partial charge in [0, 0.05) is 37.5 Å². The first-order valence-electron chi connectivity index (χ1n) is 11.3. The number of carbonyl (C=O) groups excluding carboxylic acids is 2. The zero-order chi connectivity index (χ0) is 22.9. The third kappa shape index (κ3) is 3.88. The molecule has 1 aliphatic heterocycles. The van der Waals surface area contributed by atoms with Crippen molar-refractivity contribution in [2.24, 2.45) is 0 Å². The number of phenolic OH excluding ortho intramolecular Hbond substituents is 1. The van der Waals surface area contributed by atoms with Crippen LogP contribution in [0.2, 0.25) is 0 Å². The number of likely N-dealkylation sites (N-methyl/N-ethyl adjacent to an activating group) is 1. The number of phenols is 1. The molecule has 1 N–H and O–H groups in total. The van der Waals surface area contributed by atoms with Gasteiger partial charge in [-0.1, -0.05) is 30.3 Å². The predicted octanol–water partition coefficient (Wildman–Crippen LogP) is 3.59. The fourth-order valence-corrected chi connectivity index (χ4v) is 5.85. The normalized spacial score (nSPS) is 27.9.